The number of methoxy groups -OCH3 is 1. The molecule has 1 aromatic rings. The van der Waals surface area contributed by atoms with Crippen molar-refractivity contribution in [1.82, 2.24) is 9.80 Å². The Morgan fingerprint density at radius 2 is 2.37 bits per heavy atom. The topological polar surface area (TPSA) is 53.0 Å². The molecule has 0 aliphatic carbocycles. The predicted octanol–water partition coefficient (Wildman–Crippen LogP) is 0.894. The Morgan fingerprint density at radius 1 is 1.63 bits per heavy atom. The van der Waals surface area contributed by atoms with Crippen LogP contribution < -0.4 is 4.74 Å². The smallest absolute Gasteiger partial charge is 0.264 e. The number of thiophene rings is 1. The first-order valence-corrected chi connectivity index (χ1v) is 7.15. The van der Waals surface area contributed by atoms with E-state index in [1.807, 2.05) is 24.4 Å². The molecule has 1 aliphatic heterocycles. The number of aliphatic hydroxyl groups is 1. The van der Waals surface area contributed by atoms with Gasteiger partial charge in [-0.25, -0.2) is 0 Å². The maximum Gasteiger partial charge on any atom is 0.264 e. The molecule has 6 heteroatoms. The molecule has 1 amide bonds. The summed E-state index contributed by atoms with van der Waals surface area (Å²) in [6.07, 6.45) is 0.225. The molecule has 5 nitrogen and oxygen atoms in total. The largest absolute Gasteiger partial charge is 0.496 e. The van der Waals surface area contributed by atoms with Gasteiger partial charge in [0.2, 0.25) is 0 Å². The second kappa shape index (κ2) is 5.90. The van der Waals surface area contributed by atoms with Gasteiger partial charge in [-0.1, -0.05) is 0 Å². The molecule has 2 heterocycles. The van der Waals surface area contributed by atoms with E-state index in [4.69, 9.17) is 4.74 Å². The summed E-state index contributed by atoms with van der Waals surface area (Å²) >= 11 is 1.38. The third-order valence-corrected chi connectivity index (χ3v) is 4.15. The number of carbonyl (C=O) groups is 1. The van der Waals surface area contributed by atoms with Crippen molar-refractivity contribution in [3.63, 3.8) is 0 Å². The third kappa shape index (κ3) is 3.26. The number of carbonyl (C=O) groups excluding carboxylic acids is 1. The van der Waals surface area contributed by atoms with Crippen LogP contribution >= 0.6 is 11.3 Å². The van der Waals surface area contributed by atoms with Crippen LogP contribution in [0.5, 0.6) is 5.75 Å². The molecule has 19 heavy (non-hydrogen) atoms. The Balaban J connectivity index is 2.11. The molecular formula is C13H20N2O3S. The lowest BCUT2D eigenvalue weighted by atomic mass is 10.2. The monoisotopic (exact) mass is 284 g/mol. The van der Waals surface area contributed by atoms with Crippen LogP contribution in [0.25, 0.3) is 0 Å². The van der Waals surface area contributed by atoms with Crippen LogP contribution in [-0.2, 0) is 0 Å². The van der Waals surface area contributed by atoms with Gasteiger partial charge in [0.1, 0.15) is 5.75 Å². The molecular weight excluding hydrogens is 264 g/mol. The molecule has 1 aliphatic rings. The second-order valence-electron chi connectivity index (χ2n) is 5.11. The third-order valence-electron chi connectivity index (χ3n) is 3.25. The average molecular weight is 284 g/mol. The Kier molecular flexibility index (Phi) is 4.44. The van der Waals surface area contributed by atoms with Crippen LogP contribution in [0.2, 0.25) is 0 Å². The number of β-amino-alcohol motifs (C(OH)–C–C–N with tert-alkyl or cyclic N) is 1. The zero-order valence-corrected chi connectivity index (χ0v) is 12.3. The summed E-state index contributed by atoms with van der Waals surface area (Å²) < 4.78 is 5.10. The zero-order chi connectivity index (χ0) is 14.0. The first kappa shape index (κ1) is 14.3. The molecule has 1 aromatic heterocycles. The first-order chi connectivity index (χ1) is 9.01. The highest BCUT2D eigenvalue weighted by Crippen LogP contribution is 2.26. The first-order valence-electron chi connectivity index (χ1n) is 6.27. The van der Waals surface area contributed by atoms with Gasteiger partial charge >= 0.3 is 0 Å². The maximum absolute atomic E-state index is 12.5. The van der Waals surface area contributed by atoms with Gasteiger partial charge in [0.25, 0.3) is 5.91 Å². The van der Waals surface area contributed by atoms with Crippen LogP contribution in [0.4, 0.5) is 0 Å². The highest BCUT2D eigenvalue weighted by atomic mass is 32.1. The molecule has 106 valence electrons. The summed E-state index contributed by atoms with van der Waals surface area (Å²) in [7, 11) is 5.54. The molecule has 0 aromatic carbocycles. The van der Waals surface area contributed by atoms with Crippen molar-refractivity contribution in [1.29, 1.82) is 0 Å². The van der Waals surface area contributed by atoms with E-state index in [0.717, 1.165) is 6.54 Å². The SMILES string of the molecule is COc1csc(C(=O)N2CC(O)CC2CN(C)C)c1. The highest BCUT2D eigenvalue weighted by molar-refractivity contribution is 7.12. The number of nitrogens with zero attached hydrogens (tertiary/aromatic N) is 2. The van der Waals surface area contributed by atoms with E-state index < -0.39 is 6.10 Å². The van der Waals surface area contributed by atoms with Gasteiger partial charge in [-0.2, -0.15) is 0 Å². The lowest BCUT2D eigenvalue weighted by Crippen LogP contribution is -2.41. The summed E-state index contributed by atoms with van der Waals surface area (Å²) in [5.74, 6) is 0.689. The molecule has 1 saturated heterocycles. The van der Waals surface area contributed by atoms with Crippen LogP contribution in [-0.4, -0.2) is 67.3 Å². The molecule has 1 N–H and O–H groups in total. The number of hydrogen-bond acceptors (Lipinski definition) is 5. The minimum Gasteiger partial charge on any atom is -0.496 e. The lowest BCUT2D eigenvalue weighted by molar-refractivity contribution is 0.0704. The van der Waals surface area contributed by atoms with E-state index in [1.54, 1.807) is 18.1 Å². The molecule has 1 fully saturated rings. The summed E-state index contributed by atoms with van der Waals surface area (Å²) in [6, 6.07) is 1.83. The Morgan fingerprint density at radius 3 is 2.95 bits per heavy atom. The van der Waals surface area contributed by atoms with E-state index in [2.05, 4.69) is 0 Å². The van der Waals surface area contributed by atoms with Crippen molar-refractivity contribution in [3.8, 4) is 5.75 Å². The summed E-state index contributed by atoms with van der Waals surface area (Å²) in [5, 5.41) is 11.6. The van der Waals surface area contributed by atoms with Crippen molar-refractivity contribution < 1.29 is 14.6 Å². The van der Waals surface area contributed by atoms with Gasteiger partial charge in [-0.3, -0.25) is 4.79 Å². The predicted molar refractivity (Wildman–Crippen MR) is 74.9 cm³/mol. The normalized spacial score (nSPS) is 23.1. The number of likely N-dealkylation sites (N-methyl/N-ethyl adjacent to an activating group) is 1. The van der Waals surface area contributed by atoms with Crippen molar-refractivity contribution in [2.45, 2.75) is 18.6 Å². The molecule has 0 spiro atoms. The fourth-order valence-corrected chi connectivity index (χ4v) is 3.22. The average Bonchev–Trinajstić information content (AvgIpc) is 2.94. The van der Waals surface area contributed by atoms with Gasteiger partial charge in [-0.05, 0) is 20.5 Å². The standard InChI is InChI=1S/C13H20N2O3S/c1-14(2)6-9-4-10(16)7-15(9)13(17)12-5-11(18-3)8-19-12/h5,8-10,16H,4,6-7H2,1-3H3. The zero-order valence-electron chi connectivity index (χ0n) is 11.5. The van der Waals surface area contributed by atoms with Crippen molar-refractivity contribution in [3.05, 3.63) is 16.3 Å². The van der Waals surface area contributed by atoms with E-state index in [9.17, 15) is 9.90 Å². The van der Waals surface area contributed by atoms with Crippen LogP contribution in [0.3, 0.4) is 0 Å². The molecule has 0 radical (unpaired) electrons. The molecule has 0 saturated carbocycles. The highest BCUT2D eigenvalue weighted by Gasteiger charge is 2.35. The van der Waals surface area contributed by atoms with Crippen LogP contribution in [0, 0.1) is 0 Å². The summed E-state index contributed by atoms with van der Waals surface area (Å²) in [6.45, 7) is 1.18. The number of hydrogen-bond donors (Lipinski definition) is 1. The minimum atomic E-state index is -0.421. The van der Waals surface area contributed by atoms with Crippen LogP contribution in [0.1, 0.15) is 16.1 Å². The van der Waals surface area contributed by atoms with Gasteiger partial charge in [0.05, 0.1) is 18.1 Å². The molecule has 2 unspecified atom stereocenters. The molecule has 2 atom stereocenters. The minimum absolute atomic E-state index is 0.0169. The maximum atomic E-state index is 12.5. The quantitative estimate of drug-likeness (QED) is 0.892. The van der Waals surface area contributed by atoms with Crippen molar-refractivity contribution in [2.24, 2.45) is 0 Å². The number of likely N-dealkylation sites (tertiary alicyclic amines) is 1. The van der Waals surface area contributed by atoms with Gasteiger partial charge in [0, 0.05) is 30.6 Å². The Labute approximate surface area is 117 Å². The second-order valence-corrected chi connectivity index (χ2v) is 6.03. The molecule has 2 rings (SSSR count). The van der Waals surface area contributed by atoms with E-state index >= 15 is 0 Å². The fraction of sp³-hybridized carbons (Fsp3) is 0.615. The van der Waals surface area contributed by atoms with E-state index in [0.29, 0.717) is 23.6 Å². The van der Waals surface area contributed by atoms with E-state index in [1.165, 1.54) is 11.3 Å². The number of rotatable bonds is 4. The number of ether oxygens (including phenoxy) is 1. The van der Waals surface area contributed by atoms with Gasteiger partial charge in [-0.15, -0.1) is 11.3 Å². The molecule has 0 bridgehead atoms. The van der Waals surface area contributed by atoms with Crippen molar-refractivity contribution in [2.75, 3.05) is 34.3 Å². The van der Waals surface area contributed by atoms with Gasteiger partial charge < -0.3 is 19.6 Å². The Bertz CT molecular complexity index is 447. The van der Waals surface area contributed by atoms with Crippen molar-refractivity contribution >= 4 is 17.2 Å². The van der Waals surface area contributed by atoms with Crippen LogP contribution in [0.15, 0.2) is 11.4 Å². The van der Waals surface area contributed by atoms with Gasteiger partial charge in [0.15, 0.2) is 0 Å². The summed E-state index contributed by atoms with van der Waals surface area (Å²) in [5.41, 5.74) is 0. The number of aliphatic hydroxyl groups excluding tert-OH is 1. The summed E-state index contributed by atoms with van der Waals surface area (Å²) in [4.78, 5) is 16.9. The van der Waals surface area contributed by atoms with E-state index in [-0.39, 0.29) is 11.9 Å². The fourth-order valence-electron chi connectivity index (χ4n) is 2.41. The lowest BCUT2D eigenvalue weighted by Gasteiger charge is -2.26. The number of amides is 1. The Hall–Kier alpha value is -1.11.